The van der Waals surface area contributed by atoms with Crippen LogP contribution in [0.3, 0.4) is 0 Å². The number of halogens is 2. The molecule has 0 bridgehead atoms. The summed E-state index contributed by atoms with van der Waals surface area (Å²) in [6.07, 6.45) is 1.86. The Kier molecular flexibility index (Phi) is 6.33. The third-order valence-corrected chi connectivity index (χ3v) is 4.22. The van der Waals surface area contributed by atoms with Crippen molar-refractivity contribution in [3.8, 4) is 0 Å². The van der Waals surface area contributed by atoms with E-state index in [9.17, 15) is 9.59 Å². The highest BCUT2D eigenvalue weighted by molar-refractivity contribution is 7.98. The first-order valence-electron chi connectivity index (χ1n) is 6.56. The van der Waals surface area contributed by atoms with Crippen molar-refractivity contribution in [1.29, 1.82) is 0 Å². The standard InChI is InChI=1S/C16H13Cl2NO3S/c1-23-14-5-3-2-4-11(14)16(21)22-9-15(20)19-13-8-10(17)6-7-12(13)18/h2-8H,9H2,1H3,(H,19,20). The van der Waals surface area contributed by atoms with E-state index in [1.807, 2.05) is 18.4 Å². The normalized spacial score (nSPS) is 10.2. The second-order valence-electron chi connectivity index (χ2n) is 4.45. The molecule has 0 saturated carbocycles. The van der Waals surface area contributed by atoms with E-state index in [0.29, 0.717) is 21.3 Å². The molecule has 2 rings (SSSR count). The molecule has 2 aromatic rings. The van der Waals surface area contributed by atoms with Crippen LogP contribution in [0.15, 0.2) is 47.4 Å². The second kappa shape index (κ2) is 8.24. The molecular formula is C16H13Cl2NO3S. The minimum atomic E-state index is -0.553. The van der Waals surface area contributed by atoms with Crippen LogP contribution in [0.1, 0.15) is 10.4 Å². The van der Waals surface area contributed by atoms with Gasteiger partial charge in [-0.1, -0.05) is 35.3 Å². The van der Waals surface area contributed by atoms with Gasteiger partial charge in [0.25, 0.3) is 5.91 Å². The Morgan fingerprint density at radius 2 is 1.91 bits per heavy atom. The van der Waals surface area contributed by atoms with Crippen LogP contribution < -0.4 is 5.32 Å². The molecule has 1 N–H and O–H groups in total. The zero-order chi connectivity index (χ0) is 16.8. The Hall–Kier alpha value is -1.69. The Labute approximate surface area is 148 Å². The van der Waals surface area contributed by atoms with Crippen molar-refractivity contribution >= 4 is 52.5 Å². The number of nitrogens with one attached hydrogen (secondary N) is 1. The van der Waals surface area contributed by atoms with Gasteiger partial charge in [0.1, 0.15) is 0 Å². The Balaban J connectivity index is 1.96. The molecule has 0 radical (unpaired) electrons. The van der Waals surface area contributed by atoms with Crippen molar-refractivity contribution in [3.05, 3.63) is 58.1 Å². The Morgan fingerprint density at radius 1 is 1.17 bits per heavy atom. The molecule has 0 heterocycles. The van der Waals surface area contributed by atoms with Gasteiger partial charge in [0.15, 0.2) is 6.61 Å². The van der Waals surface area contributed by atoms with Crippen LogP contribution in [0, 0.1) is 0 Å². The minimum Gasteiger partial charge on any atom is -0.452 e. The van der Waals surface area contributed by atoms with Gasteiger partial charge in [0.05, 0.1) is 16.3 Å². The molecule has 0 fully saturated rings. The first-order chi connectivity index (χ1) is 11.0. The van der Waals surface area contributed by atoms with E-state index in [4.69, 9.17) is 27.9 Å². The van der Waals surface area contributed by atoms with Gasteiger partial charge < -0.3 is 10.1 Å². The van der Waals surface area contributed by atoms with Gasteiger partial charge in [-0.25, -0.2) is 4.79 Å². The number of esters is 1. The first-order valence-corrected chi connectivity index (χ1v) is 8.54. The molecule has 0 atom stereocenters. The number of anilines is 1. The van der Waals surface area contributed by atoms with Crippen molar-refractivity contribution in [2.45, 2.75) is 4.90 Å². The zero-order valence-electron chi connectivity index (χ0n) is 12.1. The molecule has 0 saturated heterocycles. The number of rotatable bonds is 5. The largest absolute Gasteiger partial charge is 0.452 e. The summed E-state index contributed by atoms with van der Waals surface area (Å²) in [6.45, 7) is -0.412. The summed E-state index contributed by atoms with van der Waals surface area (Å²) in [5.74, 6) is -1.05. The predicted molar refractivity (Wildman–Crippen MR) is 93.6 cm³/mol. The van der Waals surface area contributed by atoms with Crippen molar-refractivity contribution in [3.63, 3.8) is 0 Å². The van der Waals surface area contributed by atoms with Crippen LogP contribution in [0.5, 0.6) is 0 Å². The number of ether oxygens (including phenoxy) is 1. The van der Waals surface area contributed by atoms with Gasteiger partial charge in [-0.05, 0) is 36.6 Å². The van der Waals surface area contributed by atoms with Crippen molar-refractivity contribution in [1.82, 2.24) is 0 Å². The van der Waals surface area contributed by atoms with Crippen molar-refractivity contribution in [2.75, 3.05) is 18.2 Å². The van der Waals surface area contributed by atoms with Crippen molar-refractivity contribution in [2.24, 2.45) is 0 Å². The molecule has 4 nitrogen and oxygen atoms in total. The molecule has 0 spiro atoms. The Bertz CT molecular complexity index is 737. The highest BCUT2D eigenvalue weighted by atomic mass is 35.5. The lowest BCUT2D eigenvalue weighted by Crippen LogP contribution is -2.21. The van der Waals surface area contributed by atoms with E-state index in [1.54, 1.807) is 24.3 Å². The molecule has 1 amide bonds. The first kappa shape index (κ1) is 17.7. The smallest absolute Gasteiger partial charge is 0.339 e. The van der Waals surface area contributed by atoms with Gasteiger partial charge in [-0.15, -0.1) is 11.8 Å². The molecule has 120 valence electrons. The fraction of sp³-hybridized carbons (Fsp3) is 0.125. The van der Waals surface area contributed by atoms with E-state index in [0.717, 1.165) is 4.90 Å². The highest BCUT2D eigenvalue weighted by Crippen LogP contribution is 2.25. The number of thioether (sulfide) groups is 1. The topological polar surface area (TPSA) is 55.4 Å². The lowest BCUT2D eigenvalue weighted by molar-refractivity contribution is -0.119. The SMILES string of the molecule is CSc1ccccc1C(=O)OCC(=O)Nc1cc(Cl)ccc1Cl. The van der Waals surface area contributed by atoms with E-state index in [-0.39, 0.29) is 0 Å². The van der Waals surface area contributed by atoms with Crippen LogP contribution in [0.2, 0.25) is 10.0 Å². The summed E-state index contributed by atoms with van der Waals surface area (Å²) in [4.78, 5) is 24.7. The van der Waals surface area contributed by atoms with E-state index in [1.165, 1.54) is 17.8 Å². The van der Waals surface area contributed by atoms with Gasteiger partial charge in [0.2, 0.25) is 0 Å². The van der Waals surface area contributed by atoms with Gasteiger partial charge in [0, 0.05) is 9.92 Å². The molecule has 0 aromatic heterocycles. The lowest BCUT2D eigenvalue weighted by atomic mass is 10.2. The average Bonchev–Trinajstić information content (AvgIpc) is 2.56. The predicted octanol–water partition coefficient (Wildman–Crippen LogP) is 4.51. The molecule has 7 heteroatoms. The monoisotopic (exact) mass is 369 g/mol. The number of carbonyl (C=O) groups excluding carboxylic acids is 2. The third-order valence-electron chi connectivity index (χ3n) is 2.86. The minimum absolute atomic E-state index is 0.349. The maximum Gasteiger partial charge on any atom is 0.339 e. The molecular weight excluding hydrogens is 357 g/mol. The maximum absolute atomic E-state index is 12.0. The van der Waals surface area contributed by atoms with Gasteiger partial charge in [-0.3, -0.25) is 4.79 Å². The van der Waals surface area contributed by atoms with Crippen LogP contribution in [0.25, 0.3) is 0 Å². The van der Waals surface area contributed by atoms with Crippen molar-refractivity contribution < 1.29 is 14.3 Å². The zero-order valence-corrected chi connectivity index (χ0v) is 14.5. The molecule has 0 aliphatic carbocycles. The molecule has 0 aliphatic rings. The van der Waals surface area contributed by atoms with Gasteiger partial charge >= 0.3 is 5.97 Å². The van der Waals surface area contributed by atoms with Crippen LogP contribution in [-0.2, 0) is 9.53 Å². The quantitative estimate of drug-likeness (QED) is 0.622. The van der Waals surface area contributed by atoms with E-state index in [2.05, 4.69) is 5.32 Å². The fourth-order valence-electron chi connectivity index (χ4n) is 1.80. The summed E-state index contributed by atoms with van der Waals surface area (Å²) in [7, 11) is 0. The molecule has 0 unspecified atom stereocenters. The van der Waals surface area contributed by atoms with Crippen LogP contribution in [0.4, 0.5) is 5.69 Å². The Morgan fingerprint density at radius 3 is 2.65 bits per heavy atom. The van der Waals surface area contributed by atoms with Crippen LogP contribution in [-0.4, -0.2) is 24.7 Å². The summed E-state index contributed by atoms with van der Waals surface area (Å²) in [5.41, 5.74) is 0.790. The molecule has 23 heavy (non-hydrogen) atoms. The maximum atomic E-state index is 12.0. The van der Waals surface area contributed by atoms with Gasteiger partial charge in [-0.2, -0.15) is 0 Å². The average molecular weight is 370 g/mol. The lowest BCUT2D eigenvalue weighted by Gasteiger charge is -2.09. The van der Waals surface area contributed by atoms with E-state index < -0.39 is 18.5 Å². The summed E-state index contributed by atoms with van der Waals surface area (Å²) < 4.78 is 5.03. The highest BCUT2D eigenvalue weighted by Gasteiger charge is 2.14. The van der Waals surface area contributed by atoms with Crippen LogP contribution >= 0.6 is 35.0 Å². The number of hydrogen-bond acceptors (Lipinski definition) is 4. The number of carbonyl (C=O) groups is 2. The number of hydrogen-bond donors (Lipinski definition) is 1. The second-order valence-corrected chi connectivity index (χ2v) is 6.14. The summed E-state index contributed by atoms with van der Waals surface area (Å²) in [6, 6.07) is 11.7. The fourth-order valence-corrected chi connectivity index (χ4v) is 2.72. The molecule has 0 aliphatic heterocycles. The number of benzene rings is 2. The molecule has 2 aromatic carbocycles. The van der Waals surface area contributed by atoms with E-state index >= 15 is 0 Å². The third kappa shape index (κ3) is 4.89. The number of amides is 1. The summed E-state index contributed by atoms with van der Waals surface area (Å²) in [5, 5.41) is 3.34. The summed E-state index contributed by atoms with van der Waals surface area (Å²) >= 11 is 13.2.